The van der Waals surface area contributed by atoms with Crippen molar-refractivity contribution in [2.24, 2.45) is 0 Å². The second kappa shape index (κ2) is 6.51. The van der Waals surface area contributed by atoms with Crippen LogP contribution >= 0.6 is 0 Å². The Labute approximate surface area is 104 Å². The maximum Gasteiger partial charge on any atom is 0.305 e. The number of nitro groups is 1. The number of hydrogen-bond acceptors (Lipinski definition) is 6. The molecule has 0 amide bonds. The van der Waals surface area contributed by atoms with Crippen LogP contribution in [0.3, 0.4) is 0 Å². The van der Waals surface area contributed by atoms with Gasteiger partial charge in [-0.2, -0.15) is 5.26 Å². The standard InChI is InChI=1S/C11H14N4O3/c1-8(16)3-2-6-13-11-5-4-10(15(17)18)9(7-12)14-11/h4-5,8,16H,2-3,6H2,1H3,(H,13,14). The first-order valence-electron chi connectivity index (χ1n) is 5.52. The fraction of sp³-hybridized carbons (Fsp3) is 0.455. The zero-order valence-corrected chi connectivity index (χ0v) is 9.96. The molecule has 0 saturated carbocycles. The second-order valence-corrected chi connectivity index (χ2v) is 3.85. The number of aliphatic hydroxyl groups is 1. The van der Waals surface area contributed by atoms with Gasteiger partial charge >= 0.3 is 5.69 Å². The topological polar surface area (TPSA) is 112 Å². The maximum absolute atomic E-state index is 10.6. The number of rotatable bonds is 6. The van der Waals surface area contributed by atoms with Gasteiger partial charge in [0, 0.05) is 12.6 Å². The Bertz CT molecular complexity index is 468. The van der Waals surface area contributed by atoms with Gasteiger partial charge in [-0.05, 0) is 25.8 Å². The van der Waals surface area contributed by atoms with E-state index < -0.39 is 4.92 Å². The third-order valence-electron chi connectivity index (χ3n) is 2.28. The number of aliphatic hydroxyl groups excluding tert-OH is 1. The molecule has 1 aromatic heterocycles. The lowest BCUT2D eigenvalue weighted by Gasteiger charge is -2.06. The fourth-order valence-corrected chi connectivity index (χ4v) is 1.39. The van der Waals surface area contributed by atoms with Crippen LogP contribution in [0.1, 0.15) is 25.5 Å². The van der Waals surface area contributed by atoms with Crippen LogP contribution in [-0.4, -0.2) is 27.7 Å². The number of nitrogens with zero attached hydrogens (tertiary/aromatic N) is 3. The highest BCUT2D eigenvalue weighted by Crippen LogP contribution is 2.17. The molecule has 0 radical (unpaired) electrons. The molecule has 0 spiro atoms. The van der Waals surface area contributed by atoms with E-state index in [2.05, 4.69) is 10.3 Å². The number of pyridine rings is 1. The van der Waals surface area contributed by atoms with Crippen LogP contribution in [0, 0.1) is 21.4 Å². The normalized spacial score (nSPS) is 11.6. The molecule has 0 aromatic carbocycles. The van der Waals surface area contributed by atoms with Gasteiger partial charge in [-0.15, -0.1) is 0 Å². The molecule has 0 saturated heterocycles. The minimum absolute atomic E-state index is 0.208. The van der Waals surface area contributed by atoms with Crippen molar-refractivity contribution in [3.8, 4) is 6.07 Å². The lowest BCUT2D eigenvalue weighted by atomic mass is 10.2. The Hall–Kier alpha value is -2.20. The summed E-state index contributed by atoms with van der Waals surface area (Å²) in [6.45, 7) is 2.29. The summed E-state index contributed by atoms with van der Waals surface area (Å²) < 4.78 is 0. The predicted molar refractivity (Wildman–Crippen MR) is 65.0 cm³/mol. The summed E-state index contributed by atoms with van der Waals surface area (Å²) in [5.41, 5.74) is -0.507. The van der Waals surface area contributed by atoms with Gasteiger partial charge in [0.15, 0.2) is 0 Å². The molecule has 0 aliphatic carbocycles. The average molecular weight is 250 g/mol. The largest absolute Gasteiger partial charge is 0.393 e. The van der Waals surface area contributed by atoms with Crippen molar-refractivity contribution in [2.75, 3.05) is 11.9 Å². The highest BCUT2D eigenvalue weighted by Gasteiger charge is 2.15. The summed E-state index contributed by atoms with van der Waals surface area (Å²) in [5, 5.41) is 31.4. The first kappa shape index (κ1) is 13.9. The Kier molecular flexibility index (Phi) is 5.02. The molecule has 1 heterocycles. The van der Waals surface area contributed by atoms with Crippen molar-refractivity contribution in [3.63, 3.8) is 0 Å². The summed E-state index contributed by atoms with van der Waals surface area (Å²) >= 11 is 0. The first-order chi connectivity index (χ1) is 8.54. The zero-order chi connectivity index (χ0) is 13.5. The van der Waals surface area contributed by atoms with Crippen LogP contribution in [0.4, 0.5) is 11.5 Å². The van der Waals surface area contributed by atoms with Gasteiger partial charge in [-0.25, -0.2) is 4.98 Å². The third kappa shape index (κ3) is 3.99. The molecule has 0 bridgehead atoms. The van der Waals surface area contributed by atoms with Gasteiger partial charge < -0.3 is 10.4 Å². The minimum Gasteiger partial charge on any atom is -0.393 e. The lowest BCUT2D eigenvalue weighted by molar-refractivity contribution is -0.385. The van der Waals surface area contributed by atoms with Crippen LogP contribution in [0.25, 0.3) is 0 Å². The summed E-state index contributed by atoms with van der Waals surface area (Å²) in [6.07, 6.45) is 1.05. The number of hydrogen-bond donors (Lipinski definition) is 2. The minimum atomic E-state index is -0.636. The van der Waals surface area contributed by atoms with Crippen LogP contribution < -0.4 is 5.32 Å². The van der Waals surface area contributed by atoms with Crippen molar-refractivity contribution >= 4 is 11.5 Å². The van der Waals surface area contributed by atoms with Crippen molar-refractivity contribution in [3.05, 3.63) is 27.9 Å². The molecule has 1 aromatic rings. The fourth-order valence-electron chi connectivity index (χ4n) is 1.39. The van der Waals surface area contributed by atoms with Gasteiger partial charge in [-0.1, -0.05) is 0 Å². The molecule has 7 nitrogen and oxygen atoms in total. The Morgan fingerprint density at radius 1 is 1.67 bits per heavy atom. The van der Waals surface area contributed by atoms with Crippen LogP contribution in [0.2, 0.25) is 0 Å². The predicted octanol–water partition coefficient (Wildman–Crippen LogP) is 1.43. The average Bonchev–Trinajstić information content (AvgIpc) is 2.33. The number of nitrogens with one attached hydrogen (secondary N) is 1. The molecule has 1 rings (SSSR count). The molecule has 18 heavy (non-hydrogen) atoms. The SMILES string of the molecule is CC(O)CCCNc1ccc([N+](=O)[O-])c(C#N)n1. The second-order valence-electron chi connectivity index (χ2n) is 3.85. The Morgan fingerprint density at radius 2 is 2.39 bits per heavy atom. The number of anilines is 1. The van der Waals surface area contributed by atoms with Gasteiger partial charge in [0.25, 0.3) is 0 Å². The van der Waals surface area contributed by atoms with Crippen LogP contribution in [0.5, 0.6) is 0 Å². The third-order valence-corrected chi connectivity index (χ3v) is 2.28. The molecular weight excluding hydrogens is 236 g/mol. The van der Waals surface area contributed by atoms with E-state index in [4.69, 9.17) is 10.4 Å². The molecule has 0 aliphatic rings. The quantitative estimate of drug-likeness (QED) is 0.448. The van der Waals surface area contributed by atoms with Gasteiger partial charge in [0.05, 0.1) is 11.0 Å². The zero-order valence-electron chi connectivity index (χ0n) is 9.96. The van der Waals surface area contributed by atoms with E-state index in [0.29, 0.717) is 18.8 Å². The lowest BCUT2D eigenvalue weighted by Crippen LogP contribution is -2.08. The molecule has 0 aliphatic heterocycles. The smallest absolute Gasteiger partial charge is 0.305 e. The van der Waals surface area contributed by atoms with E-state index in [1.807, 2.05) is 0 Å². The van der Waals surface area contributed by atoms with Gasteiger partial charge in [0.2, 0.25) is 5.69 Å². The van der Waals surface area contributed by atoms with Crippen molar-refractivity contribution in [1.82, 2.24) is 4.98 Å². The molecule has 96 valence electrons. The highest BCUT2D eigenvalue weighted by molar-refractivity contribution is 5.50. The monoisotopic (exact) mass is 250 g/mol. The Morgan fingerprint density at radius 3 is 2.94 bits per heavy atom. The van der Waals surface area contributed by atoms with Crippen molar-refractivity contribution in [1.29, 1.82) is 5.26 Å². The van der Waals surface area contributed by atoms with E-state index in [1.54, 1.807) is 13.0 Å². The van der Waals surface area contributed by atoms with E-state index >= 15 is 0 Å². The summed E-state index contributed by atoms with van der Waals surface area (Å²) in [4.78, 5) is 13.8. The summed E-state index contributed by atoms with van der Waals surface area (Å²) in [7, 11) is 0. The molecule has 2 N–H and O–H groups in total. The number of aromatic nitrogens is 1. The first-order valence-corrected chi connectivity index (χ1v) is 5.52. The van der Waals surface area contributed by atoms with E-state index in [-0.39, 0.29) is 17.5 Å². The molecule has 0 fully saturated rings. The highest BCUT2D eigenvalue weighted by atomic mass is 16.6. The molecule has 1 atom stereocenters. The van der Waals surface area contributed by atoms with Crippen LogP contribution in [-0.2, 0) is 0 Å². The van der Waals surface area contributed by atoms with Gasteiger partial charge in [-0.3, -0.25) is 10.1 Å². The van der Waals surface area contributed by atoms with E-state index in [1.165, 1.54) is 12.1 Å². The van der Waals surface area contributed by atoms with Crippen molar-refractivity contribution < 1.29 is 10.0 Å². The van der Waals surface area contributed by atoms with E-state index in [0.717, 1.165) is 6.42 Å². The van der Waals surface area contributed by atoms with Gasteiger partial charge in [0.1, 0.15) is 11.9 Å². The maximum atomic E-state index is 10.6. The molecular formula is C11H14N4O3. The summed E-state index contributed by atoms with van der Waals surface area (Å²) in [6, 6.07) is 4.41. The van der Waals surface area contributed by atoms with Crippen LogP contribution in [0.15, 0.2) is 12.1 Å². The molecule has 7 heteroatoms. The summed E-state index contributed by atoms with van der Waals surface area (Å²) in [5.74, 6) is 0.419. The Balaban J connectivity index is 2.63. The van der Waals surface area contributed by atoms with E-state index in [9.17, 15) is 10.1 Å². The number of nitriles is 1. The van der Waals surface area contributed by atoms with Crippen molar-refractivity contribution in [2.45, 2.75) is 25.9 Å². The molecule has 1 unspecified atom stereocenters.